The fourth-order valence-electron chi connectivity index (χ4n) is 8.45. The molecule has 4 aromatic carbocycles. The molecule has 1 saturated heterocycles. The van der Waals surface area contributed by atoms with Crippen LogP contribution in [-0.4, -0.2) is 28.3 Å². The zero-order valence-electron chi connectivity index (χ0n) is 31.4. The Morgan fingerprint density at radius 2 is 1.48 bits per heavy atom. The minimum absolute atomic E-state index is 0.0190. The molecule has 5 nitrogen and oxygen atoms in total. The van der Waals surface area contributed by atoms with Gasteiger partial charge in [0.15, 0.2) is 0 Å². The molecule has 0 N–H and O–H groups in total. The summed E-state index contributed by atoms with van der Waals surface area (Å²) in [5.74, 6) is 3.22. The van der Waals surface area contributed by atoms with Gasteiger partial charge in [-0.25, -0.2) is 4.98 Å². The van der Waals surface area contributed by atoms with E-state index in [9.17, 15) is 0 Å². The second kappa shape index (κ2) is 10.4. The van der Waals surface area contributed by atoms with Crippen LogP contribution in [0.3, 0.4) is 0 Å². The highest BCUT2D eigenvalue weighted by atomic mass is 16.5. The summed E-state index contributed by atoms with van der Waals surface area (Å²) in [4.78, 5) is 9.29. The van der Waals surface area contributed by atoms with Gasteiger partial charge in [0.25, 0.3) is 0 Å². The van der Waals surface area contributed by atoms with E-state index in [1.807, 2.05) is 24.4 Å². The Hall–Kier alpha value is -4.77. The number of hydrogen-bond acceptors (Lipinski definition) is 4. The molecule has 230 valence electrons. The fourth-order valence-corrected chi connectivity index (χ4v) is 8.45. The number of ether oxygens (including phenoxy) is 1. The SMILES string of the molecule is [2H]c1c([2H])c([2H])c(N2CN(c3cccc(Oc4ccc5c6ccccc6n(-c6cc(C(C)(C)C)ccn6)c5c4)c3)[C@@H]3C2C2CC[C@@H]3C2)c([2H])c1[2H]. The minimum Gasteiger partial charge on any atom is -0.457 e. The molecule has 0 radical (unpaired) electrons. The van der Waals surface area contributed by atoms with E-state index in [2.05, 4.69) is 95.8 Å². The molecule has 3 fully saturated rings. The lowest BCUT2D eigenvalue weighted by Crippen LogP contribution is -2.42. The monoisotopic (exact) mass is 609 g/mol. The molecule has 2 saturated carbocycles. The third-order valence-electron chi connectivity index (χ3n) is 10.5. The van der Waals surface area contributed by atoms with Crippen molar-refractivity contribution in [3.05, 3.63) is 121 Å². The van der Waals surface area contributed by atoms with Gasteiger partial charge in [-0.3, -0.25) is 4.57 Å². The van der Waals surface area contributed by atoms with Crippen LogP contribution in [-0.2, 0) is 5.41 Å². The highest BCUT2D eigenvalue weighted by Crippen LogP contribution is 2.53. The summed E-state index contributed by atoms with van der Waals surface area (Å²) in [7, 11) is 0. The molecule has 4 atom stereocenters. The Morgan fingerprint density at radius 3 is 2.28 bits per heavy atom. The summed E-state index contributed by atoms with van der Waals surface area (Å²) in [6, 6.07) is 26.2. The average Bonchev–Trinajstić information content (AvgIpc) is 3.91. The van der Waals surface area contributed by atoms with Gasteiger partial charge in [-0.2, -0.15) is 0 Å². The number of nitrogens with zero attached hydrogens (tertiary/aromatic N) is 4. The van der Waals surface area contributed by atoms with Crippen molar-refractivity contribution in [3.8, 4) is 17.3 Å². The van der Waals surface area contributed by atoms with E-state index in [0.29, 0.717) is 29.9 Å². The lowest BCUT2D eigenvalue weighted by molar-refractivity contribution is 0.389. The predicted octanol–water partition coefficient (Wildman–Crippen LogP) is 9.72. The molecule has 2 unspecified atom stereocenters. The number of benzene rings is 4. The lowest BCUT2D eigenvalue weighted by Gasteiger charge is -2.33. The van der Waals surface area contributed by atoms with Crippen LogP contribution in [0.5, 0.6) is 11.5 Å². The predicted molar refractivity (Wildman–Crippen MR) is 188 cm³/mol. The maximum Gasteiger partial charge on any atom is 0.137 e. The van der Waals surface area contributed by atoms with E-state index >= 15 is 0 Å². The molecule has 2 aliphatic carbocycles. The third-order valence-corrected chi connectivity index (χ3v) is 10.5. The number of aromatic nitrogens is 2. The van der Waals surface area contributed by atoms with Crippen LogP contribution in [0.2, 0.25) is 0 Å². The van der Waals surface area contributed by atoms with E-state index in [1.54, 1.807) is 0 Å². The molecular weight excluding hydrogens is 564 g/mol. The minimum atomic E-state index is -0.354. The quantitative estimate of drug-likeness (QED) is 0.195. The van der Waals surface area contributed by atoms with Crippen molar-refractivity contribution in [1.29, 1.82) is 0 Å². The number of fused-ring (bicyclic) bond motifs is 8. The summed E-state index contributed by atoms with van der Waals surface area (Å²) < 4.78 is 51.2. The van der Waals surface area contributed by atoms with Crippen LogP contribution < -0.4 is 14.5 Å². The van der Waals surface area contributed by atoms with Gasteiger partial charge in [0.1, 0.15) is 17.3 Å². The van der Waals surface area contributed by atoms with Crippen molar-refractivity contribution in [3.63, 3.8) is 0 Å². The van der Waals surface area contributed by atoms with Crippen LogP contribution >= 0.6 is 0 Å². The van der Waals surface area contributed by atoms with E-state index in [-0.39, 0.29) is 47.7 Å². The van der Waals surface area contributed by atoms with Crippen molar-refractivity contribution >= 4 is 33.2 Å². The zero-order valence-corrected chi connectivity index (χ0v) is 26.4. The number of para-hydroxylation sites is 2. The standard InChI is InChI=1S/C41H40N4O/c1-41(2,3)29-20-21-42-38(23-29)45-36-15-8-7-14-34(36)35-19-18-33(25-37(35)45)46-32-13-9-12-31(24-32)44-26-43(30-10-5-4-6-11-30)39-27-16-17-28(22-27)40(39)44/h4-15,18-21,23-25,27-28,39-40H,16-17,22,26H2,1-3H3/t27?,28-,39?,40+/m1/s1/i4D,5D,6D,10D,11D. The maximum absolute atomic E-state index is 8.76. The molecule has 0 amide bonds. The van der Waals surface area contributed by atoms with Crippen molar-refractivity contribution in [1.82, 2.24) is 9.55 Å². The highest BCUT2D eigenvalue weighted by molar-refractivity contribution is 6.09. The number of hydrogen-bond donors (Lipinski definition) is 0. The molecule has 3 aliphatic rings. The van der Waals surface area contributed by atoms with Gasteiger partial charge in [0.2, 0.25) is 0 Å². The van der Waals surface area contributed by atoms with E-state index < -0.39 is 0 Å². The van der Waals surface area contributed by atoms with Crippen LogP contribution in [0.25, 0.3) is 27.6 Å². The number of anilines is 2. The first-order valence-corrected chi connectivity index (χ1v) is 16.4. The molecule has 5 heteroatoms. The fraction of sp³-hybridized carbons (Fsp3) is 0.293. The first-order chi connectivity index (χ1) is 24.5. The van der Waals surface area contributed by atoms with Crippen LogP contribution in [0, 0.1) is 11.8 Å². The molecule has 9 rings (SSSR count). The number of pyridine rings is 1. The third kappa shape index (κ3) is 4.39. The maximum atomic E-state index is 8.76. The van der Waals surface area contributed by atoms with Crippen molar-refractivity contribution in [2.24, 2.45) is 11.8 Å². The summed E-state index contributed by atoms with van der Waals surface area (Å²) in [5, 5.41) is 2.28. The van der Waals surface area contributed by atoms with Gasteiger partial charge in [0, 0.05) is 40.5 Å². The topological polar surface area (TPSA) is 33.5 Å². The Morgan fingerprint density at radius 1 is 0.739 bits per heavy atom. The van der Waals surface area contributed by atoms with Crippen LogP contribution in [0.15, 0.2) is 115 Å². The molecule has 0 spiro atoms. The number of rotatable bonds is 5. The van der Waals surface area contributed by atoms with Gasteiger partial charge in [-0.15, -0.1) is 0 Å². The van der Waals surface area contributed by atoms with Gasteiger partial charge in [-0.1, -0.05) is 63.2 Å². The largest absolute Gasteiger partial charge is 0.457 e. The van der Waals surface area contributed by atoms with E-state index in [1.165, 1.54) is 5.56 Å². The summed E-state index contributed by atoms with van der Waals surface area (Å²) in [5.41, 5.74) is 4.61. The summed E-state index contributed by atoms with van der Waals surface area (Å²) in [6.07, 6.45) is 5.24. The van der Waals surface area contributed by atoms with Gasteiger partial charge in [0.05, 0.1) is 36.6 Å². The summed E-state index contributed by atoms with van der Waals surface area (Å²) >= 11 is 0. The van der Waals surface area contributed by atoms with Gasteiger partial charge in [-0.05, 0) is 96.6 Å². The zero-order chi connectivity index (χ0) is 35.3. The molecule has 6 aromatic rings. The second-order valence-electron chi connectivity index (χ2n) is 14.2. The van der Waals surface area contributed by atoms with Crippen LogP contribution in [0.1, 0.15) is 52.5 Å². The second-order valence-corrected chi connectivity index (χ2v) is 14.2. The molecule has 46 heavy (non-hydrogen) atoms. The van der Waals surface area contributed by atoms with Gasteiger partial charge >= 0.3 is 0 Å². The first kappa shape index (κ1) is 22.7. The van der Waals surface area contributed by atoms with Crippen LogP contribution in [0.4, 0.5) is 11.4 Å². The Labute approximate surface area is 278 Å². The Kier molecular flexibility index (Phi) is 5.12. The van der Waals surface area contributed by atoms with Crippen molar-refractivity contribution in [2.75, 3.05) is 16.5 Å². The molecule has 2 aromatic heterocycles. The van der Waals surface area contributed by atoms with E-state index in [0.717, 1.165) is 58.3 Å². The lowest BCUT2D eigenvalue weighted by atomic mass is 9.88. The molecule has 2 bridgehead atoms. The van der Waals surface area contributed by atoms with Gasteiger partial charge < -0.3 is 14.5 Å². The van der Waals surface area contributed by atoms with Crippen molar-refractivity contribution in [2.45, 2.75) is 57.5 Å². The molecular formula is C41H40N4O. The highest BCUT2D eigenvalue weighted by Gasteiger charge is 2.56. The average molecular weight is 610 g/mol. The van der Waals surface area contributed by atoms with Crippen molar-refractivity contribution < 1.29 is 11.6 Å². The van der Waals surface area contributed by atoms with E-state index in [4.69, 9.17) is 16.6 Å². The normalized spacial score (nSPS) is 23.8. The first-order valence-electron chi connectivity index (χ1n) is 18.9. The Bertz CT molecular complexity index is 2340. The molecule has 3 heterocycles. The molecule has 1 aliphatic heterocycles. The Balaban J connectivity index is 1.08. The smallest absolute Gasteiger partial charge is 0.137 e. The summed E-state index contributed by atoms with van der Waals surface area (Å²) in [6.45, 7) is 7.09.